The summed E-state index contributed by atoms with van der Waals surface area (Å²) in [4.78, 5) is 0. The van der Waals surface area contributed by atoms with Crippen molar-refractivity contribution in [3.05, 3.63) is 121 Å². The van der Waals surface area contributed by atoms with E-state index in [1.165, 1.54) is 31.6 Å². The topological polar surface area (TPSA) is 0 Å². The number of rotatable bonds is 17. The van der Waals surface area contributed by atoms with Gasteiger partial charge in [0.05, 0.1) is 0 Å². The van der Waals surface area contributed by atoms with Gasteiger partial charge in [0.2, 0.25) is 0 Å². The molecule has 0 aliphatic carbocycles. The minimum atomic E-state index is -1.13. The number of allylic oxidation sites excluding steroid dienone is 13. The first-order chi connectivity index (χ1) is 16.6. The molecule has 0 fully saturated rings. The van der Waals surface area contributed by atoms with Gasteiger partial charge in [-0.1, -0.05) is 85.4 Å². The summed E-state index contributed by atoms with van der Waals surface area (Å²) in [5.41, 5.74) is 0.905. The summed E-state index contributed by atoms with van der Waals surface area (Å²) in [5.74, 6) is -0.915. The van der Waals surface area contributed by atoms with Crippen molar-refractivity contribution in [1.29, 1.82) is 0 Å². The van der Waals surface area contributed by atoms with Crippen LogP contribution in [0.25, 0.3) is 0 Å². The van der Waals surface area contributed by atoms with Gasteiger partial charge < -0.3 is 0 Å². The molecule has 4 unspecified atom stereocenters. The maximum Gasteiger partial charge on any atom is 0.166 e. The third-order valence-electron chi connectivity index (χ3n) is 6.83. The van der Waals surface area contributed by atoms with Crippen molar-refractivity contribution in [2.75, 3.05) is 0 Å². The molecule has 4 atom stereocenters. The molecular formula is C33H45F3. The highest BCUT2D eigenvalue weighted by Gasteiger charge is 2.16. The molecule has 0 radical (unpaired) electrons. The van der Waals surface area contributed by atoms with Crippen molar-refractivity contribution < 1.29 is 13.2 Å². The lowest BCUT2D eigenvalue weighted by atomic mass is 9.83. The molecular weight excluding hydrogens is 453 g/mol. The van der Waals surface area contributed by atoms with Gasteiger partial charge in [0, 0.05) is 11.1 Å². The van der Waals surface area contributed by atoms with Crippen molar-refractivity contribution in [3.63, 3.8) is 0 Å². The first kappa shape index (κ1) is 33.2. The molecule has 3 heteroatoms. The maximum absolute atomic E-state index is 14.8. The number of hydrogen-bond donors (Lipinski definition) is 0. The fraction of sp³-hybridized carbons (Fsp3) is 0.394. The summed E-state index contributed by atoms with van der Waals surface area (Å²) >= 11 is 0. The van der Waals surface area contributed by atoms with Gasteiger partial charge >= 0.3 is 0 Å². The summed E-state index contributed by atoms with van der Waals surface area (Å²) in [6.07, 6.45) is 10.5. The van der Waals surface area contributed by atoms with Crippen molar-refractivity contribution in [3.8, 4) is 0 Å². The van der Waals surface area contributed by atoms with Crippen molar-refractivity contribution in [1.82, 2.24) is 0 Å². The van der Waals surface area contributed by atoms with Crippen LogP contribution in [0.1, 0.15) is 60.3 Å². The van der Waals surface area contributed by atoms with Crippen LogP contribution >= 0.6 is 0 Å². The Morgan fingerprint density at radius 2 is 1.17 bits per heavy atom. The molecule has 36 heavy (non-hydrogen) atoms. The summed E-state index contributed by atoms with van der Waals surface area (Å²) in [6.45, 7) is 36.2. The van der Waals surface area contributed by atoms with Gasteiger partial charge in [-0.2, -0.15) is 0 Å². The molecule has 0 bridgehead atoms. The second-order valence-corrected chi connectivity index (χ2v) is 10.0. The lowest BCUT2D eigenvalue weighted by molar-refractivity contribution is 0.310. The molecule has 0 heterocycles. The molecule has 0 spiro atoms. The second-order valence-electron chi connectivity index (χ2n) is 10.0. The Hall–Kier alpha value is -2.81. The molecule has 0 amide bonds. The van der Waals surface area contributed by atoms with E-state index in [9.17, 15) is 13.2 Å². The Morgan fingerprint density at radius 1 is 0.694 bits per heavy atom. The van der Waals surface area contributed by atoms with Crippen molar-refractivity contribution in [2.24, 2.45) is 23.7 Å². The summed E-state index contributed by atoms with van der Waals surface area (Å²) in [5, 5.41) is 0. The zero-order valence-electron chi connectivity index (χ0n) is 23.0. The van der Waals surface area contributed by atoms with Crippen molar-refractivity contribution in [2.45, 2.75) is 60.3 Å². The molecule has 0 saturated heterocycles. The highest BCUT2D eigenvalue weighted by atomic mass is 19.2. The van der Waals surface area contributed by atoms with Crippen LogP contribution in [0.4, 0.5) is 13.2 Å². The molecule has 0 aromatic rings. The molecule has 198 valence electrons. The smallest absolute Gasteiger partial charge is 0.166 e. The fourth-order valence-electron chi connectivity index (χ4n) is 3.32. The first-order valence-electron chi connectivity index (χ1n) is 12.5. The lowest BCUT2D eigenvalue weighted by Crippen LogP contribution is -2.11. The third kappa shape index (κ3) is 11.3. The molecule has 0 rings (SSSR count). The van der Waals surface area contributed by atoms with E-state index in [4.69, 9.17) is 0 Å². The average molecular weight is 499 g/mol. The number of halogens is 3. The van der Waals surface area contributed by atoms with Crippen LogP contribution in [0.3, 0.4) is 0 Å². The molecule has 0 saturated carbocycles. The third-order valence-corrected chi connectivity index (χ3v) is 6.83. The van der Waals surface area contributed by atoms with Crippen LogP contribution in [0, 0.1) is 23.7 Å². The standard InChI is InChI=1S/C33H45F3/c1-13-22(4)14-15-23(5)24(6)16-17-25(7)28(10)20-31(34)29(11)26(8)18-19-27(9)30(12)33(36)32(35)21(2)3/h13,18-20,22-25H,1-2,8-12,14-17H2,3-7H3/b19-18-,31-20+,33-32-. The lowest BCUT2D eigenvalue weighted by Gasteiger charge is -2.22. The van der Waals surface area contributed by atoms with Crippen LogP contribution in [0.2, 0.25) is 0 Å². The summed E-state index contributed by atoms with van der Waals surface area (Å²) in [7, 11) is 0. The average Bonchev–Trinajstić information content (AvgIpc) is 2.85. The minimum Gasteiger partial charge on any atom is -0.206 e. The zero-order chi connectivity index (χ0) is 28.2. The van der Waals surface area contributed by atoms with E-state index in [2.05, 4.69) is 66.8 Å². The largest absolute Gasteiger partial charge is 0.206 e. The van der Waals surface area contributed by atoms with E-state index in [1.807, 2.05) is 13.0 Å². The van der Waals surface area contributed by atoms with Gasteiger partial charge in [-0.05, 0) is 84.6 Å². The Labute approximate surface area is 218 Å². The van der Waals surface area contributed by atoms with E-state index >= 15 is 0 Å². The van der Waals surface area contributed by atoms with Gasteiger partial charge in [-0.25, -0.2) is 13.2 Å². The number of hydrogen-bond acceptors (Lipinski definition) is 0. The maximum atomic E-state index is 14.8. The Morgan fingerprint density at radius 3 is 1.64 bits per heavy atom. The Balaban J connectivity index is 4.99. The molecule has 0 aromatic heterocycles. The predicted molar refractivity (Wildman–Crippen MR) is 153 cm³/mol. The van der Waals surface area contributed by atoms with Crippen LogP contribution in [0.15, 0.2) is 121 Å². The van der Waals surface area contributed by atoms with Gasteiger partial charge in [0.25, 0.3) is 0 Å². The van der Waals surface area contributed by atoms with E-state index in [-0.39, 0.29) is 33.8 Å². The highest BCUT2D eigenvalue weighted by molar-refractivity contribution is 5.53. The van der Waals surface area contributed by atoms with E-state index in [1.54, 1.807) is 0 Å². The molecule has 0 N–H and O–H groups in total. The SMILES string of the molecule is C=CC(C)CCC(C)C(C)CCC(C)C(=C)/C=C(/F)C(=C)C(=C)/C=C\C(=C)C(=C)/C(F)=C(/F)C(=C)C. The van der Waals surface area contributed by atoms with E-state index in [0.717, 1.165) is 19.3 Å². The normalized spacial score (nSPS) is 15.9. The van der Waals surface area contributed by atoms with Crippen molar-refractivity contribution >= 4 is 0 Å². The van der Waals surface area contributed by atoms with Gasteiger partial charge in [-0.15, -0.1) is 6.58 Å². The molecule has 0 nitrogen and oxygen atoms in total. The second kappa shape index (κ2) is 16.0. The van der Waals surface area contributed by atoms with Crippen LogP contribution in [-0.2, 0) is 0 Å². The Bertz CT molecular complexity index is 967. The zero-order valence-corrected chi connectivity index (χ0v) is 23.0. The Kier molecular flexibility index (Phi) is 14.8. The van der Waals surface area contributed by atoms with Crippen LogP contribution in [0.5, 0.6) is 0 Å². The summed E-state index contributed by atoms with van der Waals surface area (Å²) < 4.78 is 42.7. The summed E-state index contributed by atoms with van der Waals surface area (Å²) in [6, 6.07) is 0. The fourth-order valence-corrected chi connectivity index (χ4v) is 3.32. The minimum absolute atomic E-state index is 0.0491. The molecule has 0 aliphatic rings. The first-order valence-corrected chi connectivity index (χ1v) is 12.5. The monoisotopic (exact) mass is 498 g/mol. The van der Waals surface area contributed by atoms with E-state index in [0.29, 0.717) is 23.3 Å². The predicted octanol–water partition coefficient (Wildman–Crippen LogP) is 11.2. The highest BCUT2D eigenvalue weighted by Crippen LogP contribution is 2.30. The van der Waals surface area contributed by atoms with Gasteiger partial charge in [0.15, 0.2) is 11.7 Å². The van der Waals surface area contributed by atoms with E-state index < -0.39 is 17.5 Å². The van der Waals surface area contributed by atoms with Crippen LogP contribution in [-0.4, -0.2) is 0 Å². The van der Waals surface area contributed by atoms with Gasteiger partial charge in [0.1, 0.15) is 5.83 Å². The molecule has 0 aromatic carbocycles. The quantitative estimate of drug-likeness (QED) is 0.138. The van der Waals surface area contributed by atoms with Gasteiger partial charge in [-0.3, -0.25) is 0 Å². The molecule has 0 aliphatic heterocycles. The van der Waals surface area contributed by atoms with Crippen LogP contribution < -0.4 is 0 Å².